The Morgan fingerprint density at radius 2 is 1.88 bits per heavy atom. The van der Waals surface area contributed by atoms with Gasteiger partial charge >= 0.3 is 5.97 Å². The molecule has 0 fully saturated rings. The van der Waals surface area contributed by atoms with Crippen molar-refractivity contribution in [1.29, 1.82) is 0 Å². The molecule has 2 N–H and O–H groups in total. The molecule has 32 heavy (non-hydrogen) atoms. The highest BCUT2D eigenvalue weighted by atomic mass is 16.5. The highest BCUT2D eigenvalue weighted by Gasteiger charge is 2.17. The highest BCUT2D eigenvalue weighted by Crippen LogP contribution is 2.14. The third kappa shape index (κ3) is 6.12. The minimum absolute atomic E-state index is 0.00275. The summed E-state index contributed by atoms with van der Waals surface area (Å²) in [5, 5.41) is 11.9. The summed E-state index contributed by atoms with van der Waals surface area (Å²) in [6, 6.07) is 11.1. The standard InChI is InChI=1S/C16H18N2O3.C8H7NO2/c1-21-14-4-2-12(3-5-14)10-18-16(20)15-11-17-8-6-13(15)7-9-19;10-8-7-5-9-3-1-6(7)2-4-11-8/h2-6,8,11,19H,7,9-10H2,1H3,(H,18,20);1,3,5H,2,4H2. The molecule has 0 aliphatic carbocycles. The number of fused-ring (bicyclic) bond motifs is 1. The summed E-state index contributed by atoms with van der Waals surface area (Å²) in [6.45, 7) is 0.926. The minimum Gasteiger partial charge on any atom is -0.497 e. The molecule has 3 heterocycles. The lowest BCUT2D eigenvalue weighted by Crippen LogP contribution is -2.24. The summed E-state index contributed by atoms with van der Waals surface area (Å²) in [5.41, 5.74) is 3.92. The van der Waals surface area contributed by atoms with E-state index < -0.39 is 0 Å². The van der Waals surface area contributed by atoms with Crippen molar-refractivity contribution in [2.75, 3.05) is 20.3 Å². The van der Waals surface area contributed by atoms with Gasteiger partial charge in [-0.05, 0) is 47.4 Å². The number of benzene rings is 1. The Morgan fingerprint density at radius 3 is 2.59 bits per heavy atom. The van der Waals surface area contributed by atoms with Crippen molar-refractivity contribution in [1.82, 2.24) is 15.3 Å². The second-order valence-corrected chi connectivity index (χ2v) is 6.96. The van der Waals surface area contributed by atoms with Gasteiger partial charge in [0.25, 0.3) is 5.91 Å². The van der Waals surface area contributed by atoms with Crippen LogP contribution in [0.3, 0.4) is 0 Å². The quantitative estimate of drug-likeness (QED) is 0.572. The number of methoxy groups -OCH3 is 1. The molecule has 8 heteroatoms. The predicted octanol–water partition coefficient (Wildman–Crippen LogP) is 2.35. The highest BCUT2D eigenvalue weighted by molar-refractivity contribution is 5.95. The topological polar surface area (TPSA) is 111 Å². The molecule has 0 bridgehead atoms. The first kappa shape index (κ1) is 22.9. The van der Waals surface area contributed by atoms with Gasteiger partial charge in [-0.2, -0.15) is 0 Å². The number of esters is 1. The van der Waals surface area contributed by atoms with E-state index in [0.29, 0.717) is 30.7 Å². The lowest BCUT2D eigenvalue weighted by atomic mass is 10.1. The summed E-state index contributed by atoms with van der Waals surface area (Å²) in [4.78, 5) is 31.0. The first-order valence-corrected chi connectivity index (χ1v) is 10.2. The number of hydrogen-bond donors (Lipinski definition) is 2. The van der Waals surface area contributed by atoms with E-state index in [1.54, 1.807) is 31.8 Å². The van der Waals surface area contributed by atoms with Crippen molar-refractivity contribution < 1.29 is 24.2 Å². The van der Waals surface area contributed by atoms with Gasteiger partial charge in [-0.25, -0.2) is 4.79 Å². The Kier molecular flexibility index (Phi) is 8.28. The maximum atomic E-state index is 12.2. The van der Waals surface area contributed by atoms with Gasteiger partial charge in [0, 0.05) is 44.4 Å². The Labute approximate surface area is 186 Å². The largest absolute Gasteiger partial charge is 0.497 e. The molecule has 1 aromatic carbocycles. The van der Waals surface area contributed by atoms with E-state index in [0.717, 1.165) is 28.9 Å². The molecular formula is C24H25N3O5. The molecule has 0 radical (unpaired) electrons. The molecule has 0 saturated heterocycles. The van der Waals surface area contributed by atoms with Crippen LogP contribution in [-0.4, -0.2) is 47.3 Å². The molecule has 3 aromatic rings. The lowest BCUT2D eigenvalue weighted by Gasteiger charge is -2.13. The first-order valence-electron chi connectivity index (χ1n) is 10.2. The van der Waals surface area contributed by atoms with Gasteiger partial charge in [-0.3, -0.25) is 14.8 Å². The van der Waals surface area contributed by atoms with Crippen LogP contribution in [-0.2, 0) is 24.1 Å². The Balaban J connectivity index is 0.000000219. The van der Waals surface area contributed by atoms with Gasteiger partial charge < -0.3 is 19.9 Å². The predicted molar refractivity (Wildman–Crippen MR) is 117 cm³/mol. The monoisotopic (exact) mass is 435 g/mol. The van der Waals surface area contributed by atoms with Crippen molar-refractivity contribution in [2.24, 2.45) is 0 Å². The van der Waals surface area contributed by atoms with Crippen LogP contribution in [0.1, 0.15) is 37.4 Å². The third-order valence-electron chi connectivity index (χ3n) is 4.89. The normalized spacial score (nSPS) is 12.0. The molecule has 4 rings (SSSR count). The summed E-state index contributed by atoms with van der Waals surface area (Å²) in [6.07, 6.45) is 7.63. The lowest BCUT2D eigenvalue weighted by molar-refractivity contribution is 0.0479. The minimum atomic E-state index is -0.251. The van der Waals surface area contributed by atoms with E-state index in [4.69, 9.17) is 14.6 Å². The smallest absolute Gasteiger partial charge is 0.339 e. The SMILES string of the molecule is COc1ccc(CNC(=O)c2cnccc2CCO)cc1.O=C1OCCc2ccncc21. The molecular weight excluding hydrogens is 410 g/mol. The van der Waals surface area contributed by atoms with Crippen LogP contribution < -0.4 is 10.1 Å². The maximum absolute atomic E-state index is 12.2. The second-order valence-electron chi connectivity index (χ2n) is 6.96. The summed E-state index contributed by atoms with van der Waals surface area (Å²) < 4.78 is 9.91. The molecule has 0 spiro atoms. The fourth-order valence-electron chi connectivity index (χ4n) is 3.14. The van der Waals surface area contributed by atoms with E-state index >= 15 is 0 Å². The van der Waals surface area contributed by atoms with Crippen LogP contribution >= 0.6 is 0 Å². The van der Waals surface area contributed by atoms with E-state index in [9.17, 15) is 9.59 Å². The number of rotatable bonds is 6. The average Bonchev–Trinajstić information content (AvgIpc) is 2.84. The Hall–Kier alpha value is -3.78. The van der Waals surface area contributed by atoms with Crippen LogP contribution in [0.15, 0.2) is 61.2 Å². The molecule has 8 nitrogen and oxygen atoms in total. The first-order chi connectivity index (χ1) is 15.6. The number of nitrogens with one attached hydrogen (secondary N) is 1. The average molecular weight is 435 g/mol. The number of pyridine rings is 2. The van der Waals surface area contributed by atoms with Gasteiger partial charge in [0.2, 0.25) is 0 Å². The summed E-state index contributed by atoms with van der Waals surface area (Å²) in [7, 11) is 1.61. The number of amides is 1. The van der Waals surface area contributed by atoms with Crippen LogP contribution in [0, 0.1) is 0 Å². The van der Waals surface area contributed by atoms with Crippen LogP contribution in [0.2, 0.25) is 0 Å². The van der Waals surface area contributed by atoms with Crippen molar-refractivity contribution >= 4 is 11.9 Å². The van der Waals surface area contributed by atoms with Crippen molar-refractivity contribution in [3.8, 4) is 5.75 Å². The molecule has 166 valence electrons. The van der Waals surface area contributed by atoms with Crippen LogP contribution in [0.25, 0.3) is 0 Å². The number of carbonyl (C=O) groups excluding carboxylic acids is 2. The number of ether oxygens (including phenoxy) is 2. The molecule has 1 amide bonds. The Morgan fingerprint density at radius 1 is 1.12 bits per heavy atom. The molecule has 0 unspecified atom stereocenters. The van der Waals surface area contributed by atoms with Gasteiger partial charge in [0.15, 0.2) is 0 Å². The number of cyclic esters (lactones) is 1. The maximum Gasteiger partial charge on any atom is 0.339 e. The number of hydrogen-bond acceptors (Lipinski definition) is 7. The number of aromatic nitrogens is 2. The van der Waals surface area contributed by atoms with E-state index in [1.165, 1.54) is 6.20 Å². The van der Waals surface area contributed by atoms with Crippen molar-refractivity contribution in [2.45, 2.75) is 19.4 Å². The fraction of sp³-hybridized carbons (Fsp3) is 0.250. The molecule has 1 aliphatic rings. The summed E-state index contributed by atoms with van der Waals surface area (Å²) in [5.74, 6) is 0.337. The van der Waals surface area contributed by atoms with Gasteiger partial charge in [0.1, 0.15) is 5.75 Å². The number of aliphatic hydroxyl groups is 1. The third-order valence-corrected chi connectivity index (χ3v) is 4.89. The summed E-state index contributed by atoms with van der Waals surface area (Å²) >= 11 is 0. The van der Waals surface area contributed by atoms with Gasteiger partial charge in [-0.15, -0.1) is 0 Å². The van der Waals surface area contributed by atoms with Crippen molar-refractivity contribution in [3.05, 3.63) is 89.0 Å². The number of nitrogens with zero attached hydrogens (tertiary/aromatic N) is 2. The van der Waals surface area contributed by atoms with Crippen LogP contribution in [0.4, 0.5) is 0 Å². The fourth-order valence-corrected chi connectivity index (χ4v) is 3.14. The zero-order valence-electron chi connectivity index (χ0n) is 17.8. The van der Waals surface area contributed by atoms with Gasteiger partial charge in [0.05, 0.1) is 24.8 Å². The zero-order valence-corrected chi connectivity index (χ0v) is 17.8. The van der Waals surface area contributed by atoms with Crippen LogP contribution in [0.5, 0.6) is 5.75 Å². The zero-order chi connectivity index (χ0) is 22.8. The van der Waals surface area contributed by atoms with E-state index in [1.807, 2.05) is 30.3 Å². The Bertz CT molecular complexity index is 1050. The van der Waals surface area contributed by atoms with E-state index in [-0.39, 0.29) is 18.5 Å². The number of carbonyl (C=O) groups is 2. The number of aliphatic hydroxyl groups excluding tert-OH is 1. The molecule has 0 atom stereocenters. The second kappa shape index (κ2) is 11.6. The molecule has 1 aliphatic heterocycles. The molecule has 0 saturated carbocycles. The van der Waals surface area contributed by atoms with E-state index in [2.05, 4.69) is 15.3 Å². The molecule has 2 aromatic heterocycles. The van der Waals surface area contributed by atoms with Gasteiger partial charge in [-0.1, -0.05) is 12.1 Å². The van der Waals surface area contributed by atoms with Crippen molar-refractivity contribution in [3.63, 3.8) is 0 Å².